The van der Waals surface area contributed by atoms with E-state index in [0.717, 1.165) is 6.42 Å². The molecule has 0 bridgehead atoms. The largest absolute Gasteiger partial charge is 0.465 e. The van der Waals surface area contributed by atoms with Crippen molar-refractivity contribution in [2.24, 2.45) is 5.41 Å². The summed E-state index contributed by atoms with van der Waals surface area (Å²) in [6.07, 6.45) is 4.19. The van der Waals surface area contributed by atoms with E-state index in [0.29, 0.717) is 13.0 Å². The minimum atomic E-state index is -1.17. The molecular weight excluding hydrogens is 204 g/mol. The molecule has 1 saturated carbocycles. The van der Waals surface area contributed by atoms with E-state index in [-0.39, 0.29) is 11.4 Å². The van der Waals surface area contributed by atoms with Gasteiger partial charge in [0.15, 0.2) is 0 Å². The average Bonchev–Trinajstić information content (AvgIpc) is 2.60. The molecule has 2 nitrogen and oxygen atoms in total. The maximum atomic E-state index is 11.3. The summed E-state index contributed by atoms with van der Waals surface area (Å²) in [6, 6.07) is 0. The molecule has 3 heteroatoms. The summed E-state index contributed by atoms with van der Waals surface area (Å²) in [5, 5.41) is 0. The fourth-order valence-electron chi connectivity index (χ4n) is 2.75. The Morgan fingerprint density at radius 3 is 2.67 bits per heavy atom. The fourth-order valence-corrected chi connectivity index (χ4v) is 4.25. The molecule has 1 aliphatic carbocycles. The van der Waals surface area contributed by atoms with Gasteiger partial charge in [-0.05, 0) is 19.3 Å². The smallest absolute Gasteiger partial charge is 0.306 e. The summed E-state index contributed by atoms with van der Waals surface area (Å²) in [7, 11) is -1.17. The molecule has 0 aromatic carbocycles. The van der Waals surface area contributed by atoms with E-state index in [1.165, 1.54) is 18.4 Å². The molecule has 1 spiro atoms. The Kier molecular flexibility index (Phi) is 2.53. The van der Waals surface area contributed by atoms with Crippen LogP contribution in [0.4, 0.5) is 0 Å². The summed E-state index contributed by atoms with van der Waals surface area (Å²) in [4.78, 5) is 11.3. The topological polar surface area (TPSA) is 26.3 Å². The van der Waals surface area contributed by atoms with Crippen molar-refractivity contribution in [3.8, 4) is 0 Å². The number of carbonyl (C=O) groups is 1. The molecule has 1 unspecified atom stereocenters. The van der Waals surface area contributed by atoms with Crippen LogP contribution in [0.25, 0.3) is 0 Å². The second kappa shape index (κ2) is 3.48. The zero-order valence-electron chi connectivity index (χ0n) is 9.93. The molecule has 2 fully saturated rings. The van der Waals surface area contributed by atoms with Gasteiger partial charge in [0.25, 0.3) is 0 Å². The number of rotatable bonds is 1. The van der Waals surface area contributed by atoms with Crippen LogP contribution < -0.4 is 0 Å². The van der Waals surface area contributed by atoms with E-state index in [1.54, 1.807) is 0 Å². The van der Waals surface area contributed by atoms with Crippen molar-refractivity contribution in [1.29, 1.82) is 0 Å². The van der Waals surface area contributed by atoms with Crippen LogP contribution >= 0.6 is 0 Å². The number of hydrogen-bond donors (Lipinski definition) is 0. The predicted molar refractivity (Wildman–Crippen MR) is 63.3 cm³/mol. The van der Waals surface area contributed by atoms with Gasteiger partial charge in [0.05, 0.1) is 14.5 Å². The maximum absolute atomic E-state index is 11.3. The molecule has 0 aromatic rings. The SMILES string of the molecule is C[Si](C)(C)/C=C1\CCCC12COC(=O)C2. The van der Waals surface area contributed by atoms with Crippen molar-refractivity contribution in [2.75, 3.05) is 6.61 Å². The molecule has 1 atom stereocenters. The zero-order valence-corrected chi connectivity index (χ0v) is 10.9. The van der Waals surface area contributed by atoms with Crippen LogP contribution in [0.3, 0.4) is 0 Å². The first-order valence-electron chi connectivity index (χ1n) is 5.79. The van der Waals surface area contributed by atoms with Gasteiger partial charge in [0.2, 0.25) is 0 Å². The summed E-state index contributed by atoms with van der Waals surface area (Å²) in [5.41, 5.74) is 4.12. The number of cyclic esters (lactones) is 1. The van der Waals surface area contributed by atoms with Gasteiger partial charge in [-0.3, -0.25) is 4.79 Å². The Hall–Kier alpha value is -0.573. The lowest BCUT2D eigenvalue weighted by Gasteiger charge is -2.24. The van der Waals surface area contributed by atoms with E-state index in [2.05, 4.69) is 25.3 Å². The van der Waals surface area contributed by atoms with Crippen molar-refractivity contribution in [2.45, 2.75) is 45.3 Å². The lowest BCUT2D eigenvalue weighted by molar-refractivity contribution is -0.137. The van der Waals surface area contributed by atoms with Crippen molar-refractivity contribution in [1.82, 2.24) is 0 Å². The number of esters is 1. The van der Waals surface area contributed by atoms with Crippen LogP contribution in [-0.2, 0) is 9.53 Å². The van der Waals surface area contributed by atoms with Gasteiger partial charge >= 0.3 is 5.97 Å². The van der Waals surface area contributed by atoms with Crippen LogP contribution in [0.2, 0.25) is 19.6 Å². The van der Waals surface area contributed by atoms with Crippen LogP contribution in [0.1, 0.15) is 25.7 Å². The minimum absolute atomic E-state index is 0.00150. The second-order valence-corrected chi connectivity index (χ2v) is 11.0. The highest BCUT2D eigenvalue weighted by Gasteiger charge is 2.46. The van der Waals surface area contributed by atoms with Crippen LogP contribution in [-0.4, -0.2) is 20.7 Å². The fraction of sp³-hybridized carbons (Fsp3) is 0.750. The van der Waals surface area contributed by atoms with Crippen molar-refractivity contribution in [3.05, 3.63) is 11.3 Å². The lowest BCUT2D eigenvalue weighted by atomic mass is 9.82. The first kappa shape index (κ1) is 10.9. The average molecular weight is 224 g/mol. The number of ether oxygens (including phenoxy) is 1. The van der Waals surface area contributed by atoms with Gasteiger partial charge < -0.3 is 4.74 Å². The molecule has 1 heterocycles. The Labute approximate surface area is 92.7 Å². The highest BCUT2D eigenvalue weighted by Crippen LogP contribution is 2.49. The number of hydrogen-bond acceptors (Lipinski definition) is 2. The minimum Gasteiger partial charge on any atom is -0.465 e. The Balaban J connectivity index is 2.26. The molecule has 0 N–H and O–H groups in total. The van der Waals surface area contributed by atoms with E-state index in [9.17, 15) is 4.79 Å². The van der Waals surface area contributed by atoms with E-state index in [4.69, 9.17) is 4.74 Å². The second-order valence-electron chi connectivity index (χ2n) is 6.01. The molecule has 1 aliphatic heterocycles. The van der Waals surface area contributed by atoms with Crippen LogP contribution in [0.15, 0.2) is 11.3 Å². The predicted octanol–water partition coefficient (Wildman–Crippen LogP) is 2.91. The quantitative estimate of drug-likeness (QED) is 0.505. The molecule has 15 heavy (non-hydrogen) atoms. The van der Waals surface area contributed by atoms with Gasteiger partial charge in [0, 0.05) is 5.41 Å². The first-order chi connectivity index (χ1) is 6.91. The molecule has 0 aromatic heterocycles. The maximum Gasteiger partial charge on any atom is 0.306 e. The Morgan fingerprint density at radius 1 is 1.40 bits per heavy atom. The zero-order chi connectivity index (χ0) is 11.1. The summed E-state index contributed by atoms with van der Waals surface area (Å²) >= 11 is 0. The van der Waals surface area contributed by atoms with E-state index < -0.39 is 8.07 Å². The molecule has 84 valence electrons. The summed E-state index contributed by atoms with van der Waals surface area (Å²) in [5.74, 6) is -0.00150. The summed E-state index contributed by atoms with van der Waals surface area (Å²) < 4.78 is 5.17. The van der Waals surface area contributed by atoms with Gasteiger partial charge in [-0.2, -0.15) is 0 Å². The van der Waals surface area contributed by atoms with Gasteiger partial charge in [0.1, 0.15) is 6.61 Å². The van der Waals surface area contributed by atoms with Crippen molar-refractivity contribution >= 4 is 14.0 Å². The van der Waals surface area contributed by atoms with Crippen molar-refractivity contribution in [3.63, 3.8) is 0 Å². The van der Waals surface area contributed by atoms with E-state index in [1.807, 2.05) is 0 Å². The third-order valence-electron chi connectivity index (χ3n) is 3.38. The highest BCUT2D eigenvalue weighted by atomic mass is 28.3. The first-order valence-corrected chi connectivity index (χ1v) is 9.37. The summed E-state index contributed by atoms with van der Waals surface area (Å²) in [6.45, 7) is 7.69. The lowest BCUT2D eigenvalue weighted by Crippen LogP contribution is -2.24. The molecule has 2 rings (SSSR count). The monoisotopic (exact) mass is 224 g/mol. The van der Waals surface area contributed by atoms with E-state index >= 15 is 0 Å². The van der Waals surface area contributed by atoms with Gasteiger partial charge in [-0.1, -0.05) is 30.9 Å². The molecule has 2 aliphatic rings. The third kappa shape index (κ3) is 2.17. The third-order valence-corrected chi connectivity index (χ3v) is 4.60. The Morgan fingerprint density at radius 2 is 2.13 bits per heavy atom. The number of carbonyl (C=O) groups excluding carboxylic acids is 1. The molecule has 0 radical (unpaired) electrons. The molecule has 1 saturated heterocycles. The standard InChI is InChI=1S/C12H20O2Si/c1-15(2,3)8-10-5-4-6-12(10)7-11(13)14-9-12/h8H,4-7,9H2,1-3H3/b10-8+. The molecular formula is C12H20O2Si. The van der Waals surface area contributed by atoms with Crippen LogP contribution in [0.5, 0.6) is 0 Å². The molecule has 0 amide bonds. The van der Waals surface area contributed by atoms with Crippen molar-refractivity contribution < 1.29 is 9.53 Å². The van der Waals surface area contributed by atoms with Crippen LogP contribution in [0, 0.1) is 5.41 Å². The highest BCUT2D eigenvalue weighted by molar-refractivity contribution is 6.81. The Bertz CT molecular complexity index is 314. The van der Waals surface area contributed by atoms with Gasteiger partial charge in [-0.15, -0.1) is 0 Å². The van der Waals surface area contributed by atoms with Gasteiger partial charge in [-0.25, -0.2) is 0 Å². The normalized spacial score (nSPS) is 34.1.